The fourth-order valence-electron chi connectivity index (χ4n) is 1.27. The van der Waals surface area contributed by atoms with Crippen LogP contribution in [0.5, 0.6) is 0 Å². The van der Waals surface area contributed by atoms with Crippen molar-refractivity contribution in [3.8, 4) is 0 Å². The summed E-state index contributed by atoms with van der Waals surface area (Å²) in [4.78, 5) is 0. The predicted octanol–water partition coefficient (Wildman–Crippen LogP) is 2.60. The molecule has 88 valence electrons. The second kappa shape index (κ2) is 6.95. The van der Waals surface area contributed by atoms with E-state index in [4.69, 9.17) is 4.74 Å². The van der Waals surface area contributed by atoms with Gasteiger partial charge in [0, 0.05) is 12.1 Å². The van der Waals surface area contributed by atoms with E-state index < -0.39 is 11.6 Å². The van der Waals surface area contributed by atoms with Gasteiger partial charge in [-0.05, 0) is 19.0 Å². The number of ether oxygens (including phenoxy) is 1. The molecule has 1 aromatic carbocycles. The average molecular weight is 227 g/mol. The smallest absolute Gasteiger partial charge is 0.163 e. The van der Waals surface area contributed by atoms with Gasteiger partial charge in [-0.3, -0.25) is 0 Å². The minimum Gasteiger partial charge on any atom is -0.502 e. The lowest BCUT2D eigenvalue weighted by Crippen LogP contribution is -2.17. The first kappa shape index (κ1) is 12.6. The highest BCUT2D eigenvalue weighted by atomic mass is 19.2. The van der Waals surface area contributed by atoms with Crippen LogP contribution in [-0.4, -0.2) is 13.2 Å². The summed E-state index contributed by atoms with van der Waals surface area (Å²) in [6.07, 6.45) is 2.18. The van der Waals surface area contributed by atoms with E-state index in [1.54, 1.807) is 6.07 Å². The number of hydrogen-bond donors (Lipinski definition) is 1. The Morgan fingerprint density at radius 3 is 2.94 bits per heavy atom. The molecule has 0 aromatic heterocycles. The molecule has 0 spiro atoms. The van der Waals surface area contributed by atoms with Crippen molar-refractivity contribution >= 4 is 0 Å². The highest BCUT2D eigenvalue weighted by Gasteiger charge is 2.06. The summed E-state index contributed by atoms with van der Waals surface area (Å²) in [5.74, 6) is -1.59. The van der Waals surface area contributed by atoms with Gasteiger partial charge in [-0.2, -0.15) is 0 Å². The monoisotopic (exact) mass is 227 g/mol. The van der Waals surface area contributed by atoms with Gasteiger partial charge in [0.25, 0.3) is 0 Å². The summed E-state index contributed by atoms with van der Waals surface area (Å²) >= 11 is 0. The zero-order valence-electron chi connectivity index (χ0n) is 9.01. The van der Waals surface area contributed by atoms with E-state index in [0.29, 0.717) is 25.3 Å². The minimum absolute atomic E-state index is 0.317. The zero-order valence-corrected chi connectivity index (χ0v) is 9.01. The first-order valence-corrected chi connectivity index (χ1v) is 5.12. The third-order valence-corrected chi connectivity index (χ3v) is 2.08. The van der Waals surface area contributed by atoms with Gasteiger partial charge in [-0.15, -0.1) is 0 Å². The maximum atomic E-state index is 13.2. The van der Waals surface area contributed by atoms with Crippen molar-refractivity contribution in [1.82, 2.24) is 5.32 Å². The Labute approximate surface area is 93.9 Å². The molecular weight excluding hydrogens is 212 g/mol. The van der Waals surface area contributed by atoms with Crippen LogP contribution in [0.25, 0.3) is 0 Å². The molecule has 0 saturated heterocycles. The van der Waals surface area contributed by atoms with E-state index in [1.807, 2.05) is 0 Å². The van der Waals surface area contributed by atoms with Crippen LogP contribution in [0.3, 0.4) is 0 Å². The molecule has 0 fully saturated rings. The molecule has 1 rings (SSSR count). The molecule has 0 radical (unpaired) electrons. The summed E-state index contributed by atoms with van der Waals surface area (Å²) in [5, 5.41) is 3.01. The van der Waals surface area contributed by atoms with Crippen molar-refractivity contribution in [1.29, 1.82) is 0 Å². The summed E-state index contributed by atoms with van der Waals surface area (Å²) in [7, 11) is 0. The SMILES string of the molecule is C=COCCCNCc1cccc(F)c1F. The van der Waals surface area contributed by atoms with Crippen LogP contribution in [0.4, 0.5) is 8.78 Å². The number of hydrogen-bond acceptors (Lipinski definition) is 2. The van der Waals surface area contributed by atoms with E-state index in [9.17, 15) is 8.78 Å². The Morgan fingerprint density at radius 1 is 1.38 bits per heavy atom. The maximum absolute atomic E-state index is 13.2. The van der Waals surface area contributed by atoms with Crippen molar-refractivity contribution in [2.45, 2.75) is 13.0 Å². The fraction of sp³-hybridized carbons (Fsp3) is 0.333. The van der Waals surface area contributed by atoms with Gasteiger partial charge < -0.3 is 10.1 Å². The molecule has 16 heavy (non-hydrogen) atoms. The lowest BCUT2D eigenvalue weighted by atomic mass is 10.2. The van der Waals surface area contributed by atoms with E-state index >= 15 is 0 Å². The van der Waals surface area contributed by atoms with Gasteiger partial charge in [-0.1, -0.05) is 18.7 Å². The molecule has 1 N–H and O–H groups in total. The molecule has 4 heteroatoms. The summed E-state index contributed by atoms with van der Waals surface area (Å²) < 4.78 is 30.9. The third kappa shape index (κ3) is 3.98. The van der Waals surface area contributed by atoms with Gasteiger partial charge in [-0.25, -0.2) is 8.78 Å². The molecule has 2 nitrogen and oxygen atoms in total. The van der Waals surface area contributed by atoms with Gasteiger partial charge in [0.2, 0.25) is 0 Å². The molecule has 0 aliphatic carbocycles. The first-order chi connectivity index (χ1) is 7.75. The second-order valence-electron chi connectivity index (χ2n) is 3.28. The van der Waals surface area contributed by atoms with Crippen LogP contribution in [0.1, 0.15) is 12.0 Å². The fourth-order valence-corrected chi connectivity index (χ4v) is 1.27. The summed E-state index contributed by atoms with van der Waals surface area (Å²) in [6.45, 7) is 4.99. The van der Waals surface area contributed by atoms with Gasteiger partial charge >= 0.3 is 0 Å². The molecule has 0 aliphatic rings. The second-order valence-corrected chi connectivity index (χ2v) is 3.28. The minimum atomic E-state index is -0.811. The van der Waals surface area contributed by atoms with Gasteiger partial charge in [0.15, 0.2) is 11.6 Å². The van der Waals surface area contributed by atoms with Crippen LogP contribution in [0.2, 0.25) is 0 Å². The maximum Gasteiger partial charge on any atom is 0.163 e. The molecule has 0 bridgehead atoms. The van der Waals surface area contributed by atoms with E-state index in [0.717, 1.165) is 12.5 Å². The average Bonchev–Trinajstić information content (AvgIpc) is 2.29. The number of nitrogens with one attached hydrogen (secondary N) is 1. The summed E-state index contributed by atoms with van der Waals surface area (Å²) in [5.41, 5.74) is 0.338. The van der Waals surface area contributed by atoms with E-state index in [1.165, 1.54) is 12.3 Å². The van der Waals surface area contributed by atoms with Crippen LogP contribution in [0.15, 0.2) is 31.0 Å². The van der Waals surface area contributed by atoms with Gasteiger partial charge in [0.1, 0.15) is 0 Å². The molecule has 0 unspecified atom stereocenters. The number of halogens is 2. The zero-order chi connectivity index (χ0) is 11.8. The summed E-state index contributed by atoms with van der Waals surface area (Å²) in [6, 6.07) is 4.17. The lowest BCUT2D eigenvalue weighted by Gasteiger charge is -2.06. The Balaban J connectivity index is 2.26. The lowest BCUT2D eigenvalue weighted by molar-refractivity contribution is 0.244. The quantitative estimate of drug-likeness (QED) is 0.571. The molecule has 0 atom stereocenters. The third-order valence-electron chi connectivity index (χ3n) is 2.08. The number of rotatable bonds is 7. The van der Waals surface area contributed by atoms with Crippen LogP contribution in [-0.2, 0) is 11.3 Å². The first-order valence-electron chi connectivity index (χ1n) is 5.12. The molecule has 0 amide bonds. The number of benzene rings is 1. The Morgan fingerprint density at radius 2 is 2.19 bits per heavy atom. The molecule has 0 saturated carbocycles. The van der Waals surface area contributed by atoms with Crippen molar-refractivity contribution in [3.05, 3.63) is 48.2 Å². The van der Waals surface area contributed by atoms with Crippen molar-refractivity contribution in [2.24, 2.45) is 0 Å². The molecular formula is C12H15F2NO. The Kier molecular flexibility index (Phi) is 5.50. The van der Waals surface area contributed by atoms with E-state index in [2.05, 4.69) is 11.9 Å². The highest BCUT2D eigenvalue weighted by molar-refractivity contribution is 5.18. The van der Waals surface area contributed by atoms with Crippen molar-refractivity contribution < 1.29 is 13.5 Å². The van der Waals surface area contributed by atoms with Crippen molar-refractivity contribution in [3.63, 3.8) is 0 Å². The molecule has 1 aromatic rings. The van der Waals surface area contributed by atoms with Crippen LogP contribution >= 0.6 is 0 Å². The highest BCUT2D eigenvalue weighted by Crippen LogP contribution is 2.10. The largest absolute Gasteiger partial charge is 0.502 e. The van der Waals surface area contributed by atoms with Crippen molar-refractivity contribution in [2.75, 3.05) is 13.2 Å². The predicted molar refractivity (Wildman–Crippen MR) is 58.8 cm³/mol. The Bertz CT molecular complexity index is 342. The standard InChI is InChI=1S/C12H15F2NO/c1-2-16-8-4-7-15-9-10-5-3-6-11(13)12(10)14/h2-3,5-6,15H,1,4,7-9H2. The van der Waals surface area contributed by atoms with E-state index in [-0.39, 0.29) is 0 Å². The molecule has 0 aliphatic heterocycles. The van der Waals surface area contributed by atoms with Gasteiger partial charge in [0.05, 0.1) is 12.9 Å². The normalized spacial score (nSPS) is 10.1. The van der Waals surface area contributed by atoms with Crippen LogP contribution < -0.4 is 5.32 Å². The topological polar surface area (TPSA) is 21.3 Å². The van der Waals surface area contributed by atoms with Crippen LogP contribution in [0, 0.1) is 11.6 Å². The Hall–Kier alpha value is -1.42. The molecule has 0 heterocycles.